The van der Waals surface area contributed by atoms with E-state index in [1.165, 1.54) is 32.1 Å². The Morgan fingerprint density at radius 1 is 1.19 bits per heavy atom. The molecular formula is C20H27N5O. The summed E-state index contributed by atoms with van der Waals surface area (Å²) in [4.78, 5) is 11.6. The lowest BCUT2D eigenvalue weighted by Crippen LogP contribution is -2.38. The third kappa shape index (κ3) is 4.31. The largest absolute Gasteiger partial charge is 0.439 e. The number of aryl methyl sites for hydroxylation is 1. The van der Waals surface area contributed by atoms with Crippen LogP contribution in [0.5, 0.6) is 11.6 Å². The summed E-state index contributed by atoms with van der Waals surface area (Å²) in [6.07, 6.45) is 6.28. The van der Waals surface area contributed by atoms with Crippen LogP contribution in [0.2, 0.25) is 0 Å². The molecule has 0 aliphatic heterocycles. The number of hydrogen-bond acceptors (Lipinski definition) is 5. The standard InChI is InChI=1S/C20H27N5O/c1-3-25(16-7-5-4-6-8-16)20-23-14(2)13-18(24-20)26-17-11-9-15(10-12-17)19(21)22/h9-13,16H,3-8H2,1-2H3,(H3,21,22). The molecule has 1 aromatic heterocycles. The second-order valence-electron chi connectivity index (χ2n) is 6.77. The number of ether oxygens (including phenoxy) is 1. The number of amidine groups is 1. The molecule has 0 saturated heterocycles. The number of nitrogens with zero attached hydrogens (tertiary/aromatic N) is 3. The van der Waals surface area contributed by atoms with E-state index in [2.05, 4.69) is 21.8 Å². The first-order valence-corrected chi connectivity index (χ1v) is 9.31. The topological polar surface area (TPSA) is 88.1 Å². The third-order valence-electron chi connectivity index (χ3n) is 4.82. The molecule has 0 spiro atoms. The number of nitrogens with two attached hydrogens (primary N) is 1. The van der Waals surface area contributed by atoms with Crippen LogP contribution in [0.1, 0.15) is 50.3 Å². The Morgan fingerprint density at radius 2 is 1.88 bits per heavy atom. The van der Waals surface area contributed by atoms with Gasteiger partial charge in [-0.25, -0.2) is 4.98 Å². The molecule has 3 N–H and O–H groups in total. The molecule has 1 heterocycles. The van der Waals surface area contributed by atoms with Gasteiger partial charge in [0.05, 0.1) is 0 Å². The van der Waals surface area contributed by atoms with Crippen molar-refractivity contribution in [2.75, 3.05) is 11.4 Å². The molecule has 1 aliphatic rings. The zero-order chi connectivity index (χ0) is 18.5. The zero-order valence-electron chi connectivity index (χ0n) is 15.5. The summed E-state index contributed by atoms with van der Waals surface area (Å²) in [5.74, 6) is 2.00. The highest BCUT2D eigenvalue weighted by Gasteiger charge is 2.22. The number of nitrogen functional groups attached to an aromatic ring is 1. The minimum Gasteiger partial charge on any atom is -0.439 e. The summed E-state index contributed by atoms with van der Waals surface area (Å²) < 4.78 is 5.93. The maximum absolute atomic E-state index is 7.46. The molecule has 3 rings (SSSR count). The number of rotatable bonds is 6. The SMILES string of the molecule is CCN(c1nc(C)cc(Oc2ccc(C(=N)N)cc2)n1)C1CCCCC1. The quantitative estimate of drug-likeness (QED) is 0.605. The first-order chi connectivity index (χ1) is 12.6. The molecule has 0 bridgehead atoms. The van der Waals surface area contributed by atoms with Crippen molar-refractivity contribution < 1.29 is 4.74 Å². The van der Waals surface area contributed by atoms with Gasteiger partial charge in [-0.3, -0.25) is 5.41 Å². The molecule has 1 aliphatic carbocycles. The van der Waals surface area contributed by atoms with E-state index in [1.807, 2.05) is 13.0 Å². The van der Waals surface area contributed by atoms with Crippen molar-refractivity contribution in [3.63, 3.8) is 0 Å². The zero-order valence-corrected chi connectivity index (χ0v) is 15.5. The van der Waals surface area contributed by atoms with Gasteiger partial charge in [0.1, 0.15) is 11.6 Å². The van der Waals surface area contributed by atoms with Crippen LogP contribution >= 0.6 is 0 Å². The third-order valence-corrected chi connectivity index (χ3v) is 4.82. The van der Waals surface area contributed by atoms with Crippen LogP contribution in [0, 0.1) is 12.3 Å². The summed E-state index contributed by atoms with van der Waals surface area (Å²) in [5, 5.41) is 7.46. The molecule has 2 aromatic rings. The summed E-state index contributed by atoms with van der Waals surface area (Å²) in [6.45, 7) is 5.01. The van der Waals surface area contributed by atoms with Crippen LogP contribution in [0.15, 0.2) is 30.3 Å². The molecule has 0 unspecified atom stereocenters. The maximum Gasteiger partial charge on any atom is 0.229 e. The van der Waals surface area contributed by atoms with Crippen LogP contribution in [0.3, 0.4) is 0 Å². The Balaban J connectivity index is 1.81. The lowest BCUT2D eigenvalue weighted by Gasteiger charge is -2.33. The monoisotopic (exact) mass is 353 g/mol. The number of aromatic nitrogens is 2. The van der Waals surface area contributed by atoms with Crippen LogP contribution < -0.4 is 15.4 Å². The molecule has 1 fully saturated rings. The van der Waals surface area contributed by atoms with E-state index in [9.17, 15) is 0 Å². The Morgan fingerprint density at radius 3 is 2.50 bits per heavy atom. The lowest BCUT2D eigenvalue weighted by molar-refractivity contribution is 0.410. The second-order valence-corrected chi connectivity index (χ2v) is 6.77. The van der Waals surface area contributed by atoms with Gasteiger partial charge < -0.3 is 15.4 Å². The first-order valence-electron chi connectivity index (χ1n) is 9.31. The fourth-order valence-electron chi connectivity index (χ4n) is 3.48. The van der Waals surface area contributed by atoms with E-state index in [1.54, 1.807) is 24.3 Å². The van der Waals surface area contributed by atoms with E-state index >= 15 is 0 Å². The maximum atomic E-state index is 7.46. The minimum atomic E-state index is 0.0442. The van der Waals surface area contributed by atoms with Crippen molar-refractivity contribution in [3.05, 3.63) is 41.6 Å². The summed E-state index contributed by atoms with van der Waals surface area (Å²) >= 11 is 0. The predicted molar refractivity (Wildman–Crippen MR) is 104 cm³/mol. The van der Waals surface area contributed by atoms with Crippen molar-refractivity contribution in [2.45, 2.75) is 52.0 Å². The fraction of sp³-hybridized carbons (Fsp3) is 0.450. The number of anilines is 1. The summed E-state index contributed by atoms with van der Waals surface area (Å²) in [6, 6.07) is 9.49. The smallest absolute Gasteiger partial charge is 0.229 e. The van der Waals surface area contributed by atoms with Crippen LogP contribution in [-0.4, -0.2) is 28.4 Å². The molecule has 1 saturated carbocycles. The van der Waals surface area contributed by atoms with E-state index in [0.29, 0.717) is 23.2 Å². The van der Waals surface area contributed by atoms with Gasteiger partial charge in [0.15, 0.2) is 0 Å². The molecule has 6 heteroatoms. The van der Waals surface area contributed by atoms with Gasteiger partial charge in [-0.15, -0.1) is 0 Å². The van der Waals surface area contributed by atoms with Crippen LogP contribution in [-0.2, 0) is 0 Å². The van der Waals surface area contributed by atoms with E-state index in [4.69, 9.17) is 15.9 Å². The Kier molecular flexibility index (Phi) is 5.71. The number of hydrogen-bond donors (Lipinski definition) is 2. The van der Waals surface area contributed by atoms with Crippen LogP contribution in [0.25, 0.3) is 0 Å². The average Bonchev–Trinajstić information content (AvgIpc) is 2.63. The van der Waals surface area contributed by atoms with Gasteiger partial charge in [-0.1, -0.05) is 19.3 Å². The van der Waals surface area contributed by atoms with Gasteiger partial charge in [-0.05, 0) is 51.0 Å². The molecule has 6 nitrogen and oxygen atoms in total. The van der Waals surface area contributed by atoms with E-state index in [0.717, 1.165) is 18.2 Å². The highest BCUT2D eigenvalue weighted by Crippen LogP contribution is 2.28. The van der Waals surface area contributed by atoms with Gasteiger partial charge in [0.2, 0.25) is 11.8 Å². The predicted octanol–water partition coefficient (Wildman–Crippen LogP) is 4.02. The molecule has 26 heavy (non-hydrogen) atoms. The van der Waals surface area contributed by atoms with Crippen molar-refractivity contribution in [1.82, 2.24) is 9.97 Å². The highest BCUT2D eigenvalue weighted by molar-refractivity contribution is 5.94. The van der Waals surface area contributed by atoms with E-state index < -0.39 is 0 Å². The molecular weight excluding hydrogens is 326 g/mol. The fourth-order valence-corrected chi connectivity index (χ4v) is 3.48. The number of benzene rings is 1. The highest BCUT2D eigenvalue weighted by atomic mass is 16.5. The normalized spacial score (nSPS) is 14.8. The second kappa shape index (κ2) is 8.17. The summed E-state index contributed by atoms with van der Waals surface area (Å²) in [5.41, 5.74) is 7.05. The Labute approximate surface area is 154 Å². The average molecular weight is 353 g/mol. The Hall–Kier alpha value is -2.63. The van der Waals surface area contributed by atoms with Crippen molar-refractivity contribution >= 4 is 11.8 Å². The number of nitrogens with one attached hydrogen (secondary N) is 1. The van der Waals surface area contributed by atoms with Gasteiger partial charge in [0.25, 0.3) is 0 Å². The van der Waals surface area contributed by atoms with E-state index in [-0.39, 0.29) is 5.84 Å². The van der Waals surface area contributed by atoms with Crippen molar-refractivity contribution in [2.24, 2.45) is 5.73 Å². The van der Waals surface area contributed by atoms with Crippen molar-refractivity contribution in [1.29, 1.82) is 5.41 Å². The molecule has 138 valence electrons. The minimum absolute atomic E-state index is 0.0442. The van der Waals surface area contributed by atoms with Crippen molar-refractivity contribution in [3.8, 4) is 11.6 Å². The summed E-state index contributed by atoms with van der Waals surface area (Å²) in [7, 11) is 0. The first kappa shape index (κ1) is 18.2. The van der Waals surface area contributed by atoms with Gasteiger partial charge >= 0.3 is 0 Å². The lowest BCUT2D eigenvalue weighted by atomic mass is 9.94. The van der Waals surface area contributed by atoms with Crippen LogP contribution in [0.4, 0.5) is 5.95 Å². The molecule has 0 atom stereocenters. The van der Waals surface area contributed by atoms with Gasteiger partial charge in [0, 0.05) is 29.9 Å². The van der Waals surface area contributed by atoms with Gasteiger partial charge in [-0.2, -0.15) is 4.98 Å². The molecule has 0 amide bonds. The molecule has 0 radical (unpaired) electrons. The molecule has 1 aromatic carbocycles. The Bertz CT molecular complexity index is 753.